The molecule has 0 aromatic carbocycles. The van der Waals surface area contributed by atoms with Gasteiger partial charge in [-0.05, 0) is 37.2 Å². The van der Waals surface area contributed by atoms with Crippen molar-refractivity contribution in [1.82, 2.24) is 24.5 Å². The second-order valence-corrected chi connectivity index (χ2v) is 8.59. The molecule has 4 aromatic rings. The van der Waals surface area contributed by atoms with Crippen LogP contribution in [0, 0.1) is 17.7 Å². The fourth-order valence-electron chi connectivity index (χ4n) is 5.22. The molecule has 3 aliphatic carbocycles. The maximum atomic E-state index is 14.6. The first-order valence-corrected chi connectivity index (χ1v) is 10.2. The van der Waals surface area contributed by atoms with Crippen molar-refractivity contribution >= 4 is 33.7 Å². The van der Waals surface area contributed by atoms with E-state index >= 15 is 0 Å². The third-order valence-corrected chi connectivity index (χ3v) is 6.84. The lowest BCUT2D eigenvalue weighted by Crippen LogP contribution is -2.32. The lowest BCUT2D eigenvalue weighted by Gasteiger charge is -2.43. The third-order valence-electron chi connectivity index (χ3n) is 6.63. The summed E-state index contributed by atoms with van der Waals surface area (Å²) >= 11 is 6.13. The summed E-state index contributed by atoms with van der Waals surface area (Å²) in [5.74, 6) is 1.70. The molecule has 0 radical (unpaired) electrons. The number of nitrogens with zero attached hydrogens (tertiary/aromatic N) is 4. The summed E-state index contributed by atoms with van der Waals surface area (Å²) in [4.78, 5) is 16.7. The van der Waals surface area contributed by atoms with Gasteiger partial charge in [0.15, 0.2) is 11.6 Å². The number of hydrogen-bond donors (Lipinski definition) is 1. The minimum Gasteiger partial charge on any atom is -0.345 e. The molecule has 4 heterocycles. The molecule has 7 heteroatoms. The predicted octanol–water partition coefficient (Wildman–Crippen LogP) is 5.52. The maximum absolute atomic E-state index is 14.6. The molecule has 0 spiro atoms. The summed E-state index contributed by atoms with van der Waals surface area (Å²) in [6, 6.07) is 2.18. The molecular weight excluding hydrogens is 377 g/mol. The van der Waals surface area contributed by atoms with E-state index < -0.39 is 0 Å². The molecule has 28 heavy (non-hydrogen) atoms. The van der Waals surface area contributed by atoms with Crippen LogP contribution in [-0.4, -0.2) is 24.5 Å². The Labute approximate surface area is 166 Å². The zero-order chi connectivity index (χ0) is 18.8. The second kappa shape index (κ2) is 6.01. The van der Waals surface area contributed by atoms with Gasteiger partial charge in [-0.25, -0.2) is 19.3 Å². The number of halogens is 2. The van der Waals surface area contributed by atoms with Crippen LogP contribution in [-0.2, 0) is 0 Å². The average Bonchev–Trinajstić information content (AvgIpc) is 3.29. The Balaban J connectivity index is 1.51. The van der Waals surface area contributed by atoms with Crippen molar-refractivity contribution in [3.05, 3.63) is 41.7 Å². The molecule has 5 nitrogen and oxygen atoms in total. The van der Waals surface area contributed by atoms with E-state index in [9.17, 15) is 4.39 Å². The summed E-state index contributed by atoms with van der Waals surface area (Å²) in [5.41, 5.74) is 2.24. The van der Waals surface area contributed by atoms with Gasteiger partial charge in [0.2, 0.25) is 0 Å². The van der Waals surface area contributed by atoms with E-state index in [2.05, 4.69) is 19.5 Å². The Morgan fingerprint density at radius 2 is 1.96 bits per heavy atom. The third kappa shape index (κ3) is 2.40. The lowest BCUT2D eigenvalue weighted by atomic mass is 9.68. The fourth-order valence-corrected chi connectivity index (χ4v) is 5.38. The molecule has 7 rings (SSSR count). The minimum atomic E-state index is -0.244. The maximum Gasteiger partial charge on any atom is 0.163 e. The van der Waals surface area contributed by atoms with Crippen LogP contribution in [0.1, 0.15) is 38.1 Å². The molecule has 0 saturated heterocycles. The molecule has 142 valence electrons. The molecule has 1 N–H and O–H groups in total. The first-order valence-electron chi connectivity index (χ1n) is 9.83. The lowest BCUT2D eigenvalue weighted by molar-refractivity contribution is 0.107. The van der Waals surface area contributed by atoms with Gasteiger partial charge in [0.25, 0.3) is 0 Å². The van der Waals surface area contributed by atoms with E-state index in [4.69, 9.17) is 16.6 Å². The zero-order valence-corrected chi connectivity index (χ0v) is 16.0. The van der Waals surface area contributed by atoms with Crippen LogP contribution in [0.3, 0.4) is 0 Å². The topological polar surface area (TPSA) is 59.4 Å². The number of hydrogen-bond acceptors (Lipinski definition) is 3. The van der Waals surface area contributed by atoms with Crippen molar-refractivity contribution in [2.75, 3.05) is 0 Å². The zero-order valence-electron chi connectivity index (χ0n) is 15.2. The first-order chi connectivity index (χ1) is 13.7. The van der Waals surface area contributed by atoms with Gasteiger partial charge in [0, 0.05) is 41.8 Å². The highest BCUT2D eigenvalue weighted by Crippen LogP contribution is 2.48. The van der Waals surface area contributed by atoms with Crippen LogP contribution in [0.15, 0.2) is 30.9 Å². The first kappa shape index (κ1) is 16.5. The minimum absolute atomic E-state index is 0.244. The smallest absolute Gasteiger partial charge is 0.163 e. The van der Waals surface area contributed by atoms with Crippen LogP contribution in [0.5, 0.6) is 0 Å². The Morgan fingerprint density at radius 3 is 2.75 bits per heavy atom. The molecular formula is C21H19ClFN5. The van der Waals surface area contributed by atoms with Gasteiger partial charge >= 0.3 is 0 Å². The number of pyridine rings is 1. The highest BCUT2D eigenvalue weighted by molar-refractivity contribution is 6.31. The number of aromatic nitrogens is 5. The molecule has 2 bridgehead atoms. The highest BCUT2D eigenvalue weighted by atomic mass is 35.5. The number of aromatic amines is 1. The van der Waals surface area contributed by atoms with E-state index in [1.807, 2.05) is 12.3 Å². The van der Waals surface area contributed by atoms with Crippen molar-refractivity contribution in [3.63, 3.8) is 0 Å². The number of fused-ring (bicyclic) bond motifs is 5. The van der Waals surface area contributed by atoms with E-state index in [0.29, 0.717) is 33.8 Å². The molecule has 3 aliphatic rings. The SMILES string of the molecule is Fc1cn(C2CC3CCC2CC3)c2nc(-c3c[nH]c4ncc(Cl)cc34)ncc12. The van der Waals surface area contributed by atoms with Gasteiger partial charge in [0.05, 0.1) is 10.4 Å². The van der Waals surface area contributed by atoms with Crippen molar-refractivity contribution in [2.24, 2.45) is 11.8 Å². The molecule has 4 aromatic heterocycles. The van der Waals surface area contributed by atoms with Crippen molar-refractivity contribution in [3.8, 4) is 11.4 Å². The van der Waals surface area contributed by atoms with E-state index in [-0.39, 0.29) is 5.82 Å². The summed E-state index contributed by atoms with van der Waals surface area (Å²) in [5, 5.41) is 1.91. The quantitative estimate of drug-likeness (QED) is 0.486. The average molecular weight is 396 g/mol. The van der Waals surface area contributed by atoms with E-state index in [1.165, 1.54) is 25.7 Å². The molecule has 3 fully saturated rings. The second-order valence-electron chi connectivity index (χ2n) is 8.15. The fraction of sp³-hybridized carbons (Fsp3) is 0.381. The summed E-state index contributed by atoms with van der Waals surface area (Å²) in [6.07, 6.45) is 12.9. The number of H-pyrrole nitrogens is 1. The highest BCUT2D eigenvalue weighted by Gasteiger charge is 2.37. The molecule has 0 amide bonds. The standard InChI is InChI=1S/C21H19ClFN5/c22-13-6-14-15(8-25-19(14)24-7-13)20-26-9-16-17(23)10-28(21(16)27-20)18-5-11-1-3-12(18)4-2-11/h6-12,18H,1-5H2,(H,24,25). The molecule has 1 atom stereocenters. The van der Waals surface area contributed by atoms with Crippen LogP contribution in [0.2, 0.25) is 5.02 Å². The van der Waals surface area contributed by atoms with Crippen LogP contribution < -0.4 is 0 Å². The van der Waals surface area contributed by atoms with Crippen molar-refractivity contribution < 1.29 is 4.39 Å². The summed E-state index contributed by atoms with van der Waals surface area (Å²) in [7, 11) is 0. The summed E-state index contributed by atoms with van der Waals surface area (Å²) in [6.45, 7) is 0. The van der Waals surface area contributed by atoms with Crippen LogP contribution in [0.25, 0.3) is 33.5 Å². The Morgan fingerprint density at radius 1 is 1.11 bits per heavy atom. The van der Waals surface area contributed by atoms with Crippen molar-refractivity contribution in [2.45, 2.75) is 38.1 Å². The van der Waals surface area contributed by atoms with Gasteiger partial charge in [0.1, 0.15) is 11.3 Å². The Kier molecular flexibility index (Phi) is 3.54. The van der Waals surface area contributed by atoms with Crippen molar-refractivity contribution in [1.29, 1.82) is 0 Å². The van der Waals surface area contributed by atoms with Gasteiger partial charge < -0.3 is 9.55 Å². The summed E-state index contributed by atoms with van der Waals surface area (Å²) < 4.78 is 16.7. The van der Waals surface area contributed by atoms with Gasteiger partial charge in [-0.1, -0.05) is 24.4 Å². The normalized spacial score (nSPS) is 24.4. The monoisotopic (exact) mass is 395 g/mol. The van der Waals surface area contributed by atoms with Crippen LogP contribution in [0.4, 0.5) is 4.39 Å². The van der Waals surface area contributed by atoms with E-state index in [1.54, 1.807) is 18.6 Å². The molecule has 3 saturated carbocycles. The molecule has 1 unspecified atom stereocenters. The van der Waals surface area contributed by atoms with E-state index in [0.717, 1.165) is 28.9 Å². The molecule has 0 aliphatic heterocycles. The Bertz CT molecular complexity index is 1200. The van der Waals surface area contributed by atoms with Gasteiger partial charge in [-0.2, -0.15) is 0 Å². The van der Waals surface area contributed by atoms with Gasteiger partial charge in [-0.15, -0.1) is 0 Å². The number of nitrogens with one attached hydrogen (secondary N) is 1. The number of rotatable bonds is 2. The van der Waals surface area contributed by atoms with Gasteiger partial charge in [-0.3, -0.25) is 0 Å². The predicted molar refractivity (Wildman–Crippen MR) is 107 cm³/mol. The van der Waals surface area contributed by atoms with Crippen LogP contribution >= 0.6 is 11.6 Å². The Hall–Kier alpha value is -2.47. The largest absolute Gasteiger partial charge is 0.345 e.